The molecule has 0 aliphatic rings. The van der Waals surface area contributed by atoms with E-state index < -0.39 is 10.3 Å². The third kappa shape index (κ3) is 3.56. The van der Waals surface area contributed by atoms with Crippen LogP contribution in [0.3, 0.4) is 0 Å². The van der Waals surface area contributed by atoms with Crippen molar-refractivity contribution in [2.24, 2.45) is 11.1 Å². The minimum Gasteiger partial charge on any atom is -0.461 e. The lowest BCUT2D eigenvalue weighted by Crippen LogP contribution is -2.20. The van der Waals surface area contributed by atoms with E-state index in [0.717, 1.165) is 16.7 Å². The molecule has 0 aliphatic carbocycles. The van der Waals surface area contributed by atoms with Crippen molar-refractivity contribution in [1.29, 1.82) is 0 Å². The minimum absolute atomic E-state index is 0.00360. The Morgan fingerprint density at radius 2 is 2.11 bits per heavy atom. The van der Waals surface area contributed by atoms with E-state index in [2.05, 4.69) is 4.18 Å². The number of rotatable bonds is 5. The summed E-state index contributed by atoms with van der Waals surface area (Å²) in [5, 5.41) is 5.80. The van der Waals surface area contributed by atoms with Crippen molar-refractivity contribution < 1.29 is 17.0 Å². The van der Waals surface area contributed by atoms with Crippen LogP contribution in [0.4, 0.5) is 0 Å². The topological polar surface area (TPSA) is 82.5 Å². The molecule has 0 saturated heterocycles. The summed E-state index contributed by atoms with van der Waals surface area (Å²) in [5.74, 6) is 0.811. The summed E-state index contributed by atoms with van der Waals surface area (Å²) in [6.45, 7) is 1.92. The Morgan fingerprint density at radius 1 is 1.39 bits per heavy atom. The molecular formula is C12H15NO4S. The zero-order chi connectivity index (χ0) is 13.2. The lowest BCUT2D eigenvalue weighted by atomic mass is 10.1. The Labute approximate surface area is 106 Å². The minimum atomic E-state index is -3.87. The Balaban J connectivity index is 2.00. The summed E-state index contributed by atoms with van der Waals surface area (Å²) in [6.07, 6.45) is 0.601. The van der Waals surface area contributed by atoms with Crippen molar-refractivity contribution in [3.63, 3.8) is 0 Å². The number of benzene rings is 1. The van der Waals surface area contributed by atoms with Gasteiger partial charge < -0.3 is 4.42 Å². The van der Waals surface area contributed by atoms with E-state index in [1.54, 1.807) is 0 Å². The van der Waals surface area contributed by atoms with Gasteiger partial charge in [0.2, 0.25) is 0 Å². The van der Waals surface area contributed by atoms with Crippen LogP contribution in [0.1, 0.15) is 12.7 Å². The van der Waals surface area contributed by atoms with Gasteiger partial charge in [0.1, 0.15) is 11.3 Å². The molecule has 1 heterocycles. The molecule has 1 atom stereocenters. The molecule has 0 saturated carbocycles. The van der Waals surface area contributed by atoms with Crippen LogP contribution in [0.25, 0.3) is 11.0 Å². The van der Waals surface area contributed by atoms with Gasteiger partial charge in [0.05, 0.1) is 6.61 Å². The summed E-state index contributed by atoms with van der Waals surface area (Å²) in [4.78, 5) is 0. The number of hydrogen-bond donors (Lipinski definition) is 1. The zero-order valence-electron chi connectivity index (χ0n) is 10.00. The lowest BCUT2D eigenvalue weighted by Gasteiger charge is -2.08. The average Bonchev–Trinajstić information content (AvgIpc) is 2.67. The number of fused-ring (bicyclic) bond motifs is 1. The maximum atomic E-state index is 10.7. The Kier molecular flexibility index (Phi) is 3.70. The smallest absolute Gasteiger partial charge is 0.333 e. The molecule has 0 unspecified atom stereocenters. The van der Waals surface area contributed by atoms with Gasteiger partial charge in [-0.2, -0.15) is 8.42 Å². The molecule has 0 aliphatic heterocycles. The molecule has 98 valence electrons. The summed E-state index contributed by atoms with van der Waals surface area (Å²) in [5.41, 5.74) is 0.826. The predicted molar refractivity (Wildman–Crippen MR) is 68.1 cm³/mol. The molecule has 0 radical (unpaired) electrons. The second kappa shape index (κ2) is 5.09. The number of para-hydroxylation sites is 1. The summed E-state index contributed by atoms with van der Waals surface area (Å²) in [7, 11) is -3.87. The van der Waals surface area contributed by atoms with Gasteiger partial charge in [-0.3, -0.25) is 4.18 Å². The van der Waals surface area contributed by atoms with Crippen molar-refractivity contribution in [3.05, 3.63) is 36.1 Å². The van der Waals surface area contributed by atoms with Gasteiger partial charge in [0.15, 0.2) is 0 Å². The first-order valence-corrected chi connectivity index (χ1v) is 7.06. The van der Waals surface area contributed by atoms with Crippen molar-refractivity contribution in [3.8, 4) is 0 Å². The van der Waals surface area contributed by atoms with Crippen LogP contribution in [0.2, 0.25) is 0 Å². The maximum Gasteiger partial charge on any atom is 0.333 e. The Morgan fingerprint density at radius 3 is 2.78 bits per heavy atom. The van der Waals surface area contributed by atoms with Gasteiger partial charge in [-0.15, -0.1) is 0 Å². The molecule has 5 nitrogen and oxygen atoms in total. The van der Waals surface area contributed by atoms with E-state index in [4.69, 9.17) is 9.56 Å². The van der Waals surface area contributed by atoms with E-state index >= 15 is 0 Å². The molecule has 2 aromatic rings. The van der Waals surface area contributed by atoms with Crippen molar-refractivity contribution in [2.75, 3.05) is 6.61 Å². The first-order chi connectivity index (χ1) is 8.44. The molecule has 0 fully saturated rings. The highest BCUT2D eigenvalue weighted by molar-refractivity contribution is 7.84. The van der Waals surface area contributed by atoms with Gasteiger partial charge in [-0.25, -0.2) is 5.14 Å². The first-order valence-electron chi connectivity index (χ1n) is 5.58. The molecule has 1 aromatic heterocycles. The van der Waals surface area contributed by atoms with Gasteiger partial charge >= 0.3 is 10.3 Å². The van der Waals surface area contributed by atoms with Gasteiger partial charge in [0, 0.05) is 11.8 Å². The molecule has 0 bridgehead atoms. The monoisotopic (exact) mass is 269 g/mol. The van der Waals surface area contributed by atoms with Crippen molar-refractivity contribution in [2.45, 2.75) is 13.3 Å². The second-order valence-corrected chi connectivity index (χ2v) is 5.56. The van der Waals surface area contributed by atoms with Crippen molar-refractivity contribution in [1.82, 2.24) is 0 Å². The predicted octanol–water partition coefficient (Wildman–Crippen LogP) is 1.83. The number of nitrogens with two attached hydrogens (primary N) is 1. The van der Waals surface area contributed by atoms with E-state index in [9.17, 15) is 8.42 Å². The van der Waals surface area contributed by atoms with Gasteiger partial charge in [-0.05, 0) is 18.1 Å². The van der Waals surface area contributed by atoms with Crippen LogP contribution in [0, 0.1) is 5.92 Å². The summed E-state index contributed by atoms with van der Waals surface area (Å²) >= 11 is 0. The van der Waals surface area contributed by atoms with Gasteiger partial charge in [-0.1, -0.05) is 25.1 Å². The fourth-order valence-electron chi connectivity index (χ4n) is 1.75. The fraction of sp³-hybridized carbons (Fsp3) is 0.333. The van der Waals surface area contributed by atoms with Crippen LogP contribution >= 0.6 is 0 Å². The number of hydrogen-bond acceptors (Lipinski definition) is 4. The highest BCUT2D eigenvalue weighted by Crippen LogP contribution is 2.21. The van der Waals surface area contributed by atoms with Gasteiger partial charge in [0.25, 0.3) is 0 Å². The van der Waals surface area contributed by atoms with Crippen LogP contribution in [-0.4, -0.2) is 15.0 Å². The second-order valence-electron chi connectivity index (χ2n) is 4.34. The molecular weight excluding hydrogens is 254 g/mol. The first kappa shape index (κ1) is 13.1. The average molecular weight is 269 g/mol. The Bertz CT molecular complexity index is 599. The number of furan rings is 1. The van der Waals surface area contributed by atoms with E-state index in [0.29, 0.717) is 6.42 Å². The van der Waals surface area contributed by atoms with Crippen LogP contribution in [-0.2, 0) is 20.9 Å². The van der Waals surface area contributed by atoms with Crippen molar-refractivity contribution >= 4 is 21.3 Å². The third-order valence-electron chi connectivity index (χ3n) is 2.54. The summed E-state index contributed by atoms with van der Waals surface area (Å²) < 4.78 is 31.5. The highest BCUT2D eigenvalue weighted by Gasteiger charge is 2.11. The standard InChI is InChI=1S/C12H15NO4S/c1-9(8-16-18(13,14)15)6-11-7-10-4-2-3-5-12(10)17-11/h2-5,7,9H,6,8H2,1H3,(H2,13,14,15)/t9-/m0/s1. The molecule has 0 spiro atoms. The normalized spacial score (nSPS) is 13.9. The molecule has 6 heteroatoms. The molecule has 2 rings (SSSR count). The van der Waals surface area contributed by atoms with Crippen LogP contribution in [0.15, 0.2) is 34.7 Å². The van der Waals surface area contributed by atoms with E-state index in [-0.39, 0.29) is 12.5 Å². The maximum absolute atomic E-state index is 10.7. The lowest BCUT2D eigenvalue weighted by molar-refractivity contribution is 0.258. The fourth-order valence-corrected chi connectivity index (χ4v) is 2.17. The summed E-state index contributed by atoms with van der Waals surface area (Å²) in [6, 6.07) is 9.65. The third-order valence-corrected chi connectivity index (χ3v) is 3.01. The molecule has 18 heavy (non-hydrogen) atoms. The zero-order valence-corrected chi connectivity index (χ0v) is 10.8. The largest absolute Gasteiger partial charge is 0.461 e. The van der Waals surface area contributed by atoms with E-state index in [1.807, 2.05) is 37.3 Å². The van der Waals surface area contributed by atoms with Crippen LogP contribution in [0.5, 0.6) is 0 Å². The molecule has 1 aromatic carbocycles. The van der Waals surface area contributed by atoms with Crippen LogP contribution < -0.4 is 5.14 Å². The SMILES string of the molecule is C[C@H](COS(N)(=O)=O)Cc1cc2ccccc2o1. The molecule has 2 N–H and O–H groups in total. The highest BCUT2D eigenvalue weighted by atomic mass is 32.2. The quantitative estimate of drug-likeness (QED) is 0.897. The Hall–Kier alpha value is -1.37. The van der Waals surface area contributed by atoms with E-state index in [1.165, 1.54) is 0 Å². The molecule has 0 amide bonds.